The lowest BCUT2D eigenvalue weighted by atomic mass is 9.86. The molecule has 0 bridgehead atoms. The van der Waals surface area contributed by atoms with Gasteiger partial charge in [-0.05, 0) is 52.0 Å². The third-order valence-corrected chi connectivity index (χ3v) is 3.91. The van der Waals surface area contributed by atoms with Gasteiger partial charge < -0.3 is 5.11 Å². The Labute approximate surface area is 98.1 Å². The predicted molar refractivity (Wildman–Crippen MR) is 62.7 cm³/mol. The van der Waals surface area contributed by atoms with Crippen LogP contribution in [0.4, 0.5) is 0 Å². The van der Waals surface area contributed by atoms with Crippen molar-refractivity contribution in [1.29, 1.82) is 5.26 Å². The highest BCUT2D eigenvalue weighted by Gasteiger charge is 2.51. The minimum Gasteiger partial charge on any atom is -0.387 e. The summed E-state index contributed by atoms with van der Waals surface area (Å²) in [4.78, 5) is 2.31. The molecule has 1 aliphatic heterocycles. The van der Waals surface area contributed by atoms with E-state index in [4.69, 9.17) is 5.26 Å². The summed E-state index contributed by atoms with van der Waals surface area (Å²) in [5.41, 5.74) is -0.553. The summed E-state index contributed by atoms with van der Waals surface area (Å²) in [6.07, 6.45) is 4.43. The van der Waals surface area contributed by atoms with Crippen LogP contribution in [0.5, 0.6) is 0 Å². The lowest BCUT2D eigenvalue weighted by Gasteiger charge is -2.47. The second kappa shape index (κ2) is 4.01. The average molecular weight is 222 g/mol. The molecule has 0 atom stereocenters. The van der Waals surface area contributed by atoms with Crippen LogP contribution in [0.15, 0.2) is 0 Å². The minimum absolute atomic E-state index is 0.197. The van der Waals surface area contributed by atoms with Gasteiger partial charge in [0.1, 0.15) is 0 Å². The lowest BCUT2D eigenvalue weighted by Crippen LogP contribution is -2.63. The van der Waals surface area contributed by atoms with Crippen molar-refractivity contribution in [2.24, 2.45) is 11.3 Å². The van der Waals surface area contributed by atoms with Gasteiger partial charge >= 0.3 is 0 Å². The van der Waals surface area contributed by atoms with Gasteiger partial charge in [-0.25, -0.2) is 0 Å². The van der Waals surface area contributed by atoms with E-state index in [9.17, 15) is 5.11 Å². The van der Waals surface area contributed by atoms with Crippen LogP contribution >= 0.6 is 0 Å². The van der Waals surface area contributed by atoms with Crippen molar-refractivity contribution < 1.29 is 5.11 Å². The van der Waals surface area contributed by atoms with Crippen molar-refractivity contribution in [2.45, 2.75) is 45.1 Å². The molecule has 1 heterocycles. The zero-order valence-corrected chi connectivity index (χ0v) is 10.4. The molecule has 1 N–H and O–H groups in total. The first-order chi connectivity index (χ1) is 7.45. The van der Waals surface area contributed by atoms with E-state index < -0.39 is 0 Å². The van der Waals surface area contributed by atoms with Gasteiger partial charge in [0.2, 0.25) is 0 Å². The maximum absolute atomic E-state index is 10.1. The molecule has 16 heavy (non-hydrogen) atoms. The smallest absolute Gasteiger partial charge is 0.0928 e. The molecule has 2 rings (SSSR count). The Morgan fingerprint density at radius 2 is 2.06 bits per heavy atom. The standard InChI is InChI=1S/C13H22N2O/c1-12(2,8-14)6-3-7-15-9-13(16,10-15)11-4-5-11/h11,16H,3-7,9-10H2,1-2H3. The number of hydrogen-bond acceptors (Lipinski definition) is 3. The van der Waals surface area contributed by atoms with Gasteiger partial charge in [0.05, 0.1) is 17.1 Å². The van der Waals surface area contributed by atoms with Crippen LogP contribution in [0, 0.1) is 22.7 Å². The first kappa shape index (κ1) is 11.9. The summed E-state index contributed by atoms with van der Waals surface area (Å²) >= 11 is 0. The molecule has 1 aliphatic carbocycles. The summed E-state index contributed by atoms with van der Waals surface area (Å²) in [7, 11) is 0. The van der Waals surface area contributed by atoms with Crippen molar-refractivity contribution in [2.75, 3.05) is 19.6 Å². The molecule has 3 nitrogen and oxygen atoms in total. The maximum atomic E-state index is 10.1. The fourth-order valence-corrected chi connectivity index (χ4v) is 2.57. The summed E-state index contributed by atoms with van der Waals surface area (Å²) in [5, 5.41) is 19.0. The largest absolute Gasteiger partial charge is 0.387 e. The average Bonchev–Trinajstić information content (AvgIpc) is 2.98. The minimum atomic E-state index is -0.356. The van der Waals surface area contributed by atoms with Crippen molar-refractivity contribution in [3.8, 4) is 6.07 Å². The monoisotopic (exact) mass is 222 g/mol. The number of aliphatic hydroxyl groups is 1. The summed E-state index contributed by atoms with van der Waals surface area (Å²) in [5.74, 6) is 0.583. The Morgan fingerprint density at radius 3 is 2.56 bits per heavy atom. The zero-order valence-electron chi connectivity index (χ0n) is 10.4. The first-order valence-corrected chi connectivity index (χ1v) is 6.31. The molecule has 0 spiro atoms. The van der Waals surface area contributed by atoms with E-state index >= 15 is 0 Å². The Bertz CT molecular complexity index is 296. The highest BCUT2D eigenvalue weighted by Crippen LogP contribution is 2.44. The fraction of sp³-hybridized carbons (Fsp3) is 0.923. The molecule has 1 saturated carbocycles. The Kier molecular flexibility index (Phi) is 2.98. The second-order valence-electron chi connectivity index (χ2n) is 6.19. The summed E-state index contributed by atoms with van der Waals surface area (Å²) < 4.78 is 0. The normalized spacial score (nSPS) is 24.9. The van der Waals surface area contributed by atoms with Gasteiger partial charge in [-0.2, -0.15) is 5.26 Å². The topological polar surface area (TPSA) is 47.3 Å². The Hall–Kier alpha value is -0.590. The molecule has 0 aromatic carbocycles. The molecule has 0 unspecified atom stereocenters. The fourth-order valence-electron chi connectivity index (χ4n) is 2.57. The van der Waals surface area contributed by atoms with Crippen molar-refractivity contribution in [3.63, 3.8) is 0 Å². The molecule has 90 valence electrons. The van der Waals surface area contributed by atoms with Crippen LogP contribution in [0.25, 0.3) is 0 Å². The van der Waals surface area contributed by atoms with Crippen LogP contribution < -0.4 is 0 Å². The summed E-state index contributed by atoms with van der Waals surface area (Å²) in [6, 6.07) is 2.33. The molecular formula is C13H22N2O. The van der Waals surface area contributed by atoms with E-state index in [1.807, 2.05) is 13.8 Å². The van der Waals surface area contributed by atoms with E-state index in [0.29, 0.717) is 5.92 Å². The van der Waals surface area contributed by atoms with E-state index in [2.05, 4.69) is 11.0 Å². The van der Waals surface area contributed by atoms with E-state index in [1.54, 1.807) is 0 Å². The quantitative estimate of drug-likeness (QED) is 0.771. The zero-order chi connectivity index (χ0) is 11.8. The van der Waals surface area contributed by atoms with Crippen molar-refractivity contribution in [3.05, 3.63) is 0 Å². The van der Waals surface area contributed by atoms with Gasteiger partial charge in [0, 0.05) is 13.1 Å². The van der Waals surface area contributed by atoms with Gasteiger partial charge in [-0.3, -0.25) is 4.90 Å². The SMILES string of the molecule is CC(C)(C#N)CCCN1CC(O)(C2CC2)C1. The molecule has 1 saturated heterocycles. The highest BCUT2D eigenvalue weighted by molar-refractivity contribution is 5.05. The van der Waals surface area contributed by atoms with Gasteiger partial charge in [-0.1, -0.05) is 0 Å². The molecular weight excluding hydrogens is 200 g/mol. The Morgan fingerprint density at radius 1 is 1.44 bits per heavy atom. The van der Waals surface area contributed by atoms with Crippen LogP contribution in [0.1, 0.15) is 39.5 Å². The number of likely N-dealkylation sites (tertiary alicyclic amines) is 1. The highest BCUT2D eigenvalue weighted by atomic mass is 16.3. The van der Waals surface area contributed by atoms with E-state index in [1.165, 1.54) is 12.8 Å². The molecule has 2 fully saturated rings. The molecule has 0 aromatic heterocycles. The summed E-state index contributed by atoms with van der Waals surface area (Å²) in [6.45, 7) is 6.71. The molecule has 2 aliphatic rings. The second-order valence-corrected chi connectivity index (χ2v) is 6.19. The molecule has 0 radical (unpaired) electrons. The maximum Gasteiger partial charge on any atom is 0.0928 e. The van der Waals surface area contributed by atoms with Gasteiger partial charge in [-0.15, -0.1) is 0 Å². The number of nitrogens with zero attached hydrogens (tertiary/aromatic N) is 2. The third-order valence-electron chi connectivity index (χ3n) is 3.91. The lowest BCUT2D eigenvalue weighted by molar-refractivity contribution is -0.113. The van der Waals surface area contributed by atoms with Crippen LogP contribution in [0.3, 0.4) is 0 Å². The van der Waals surface area contributed by atoms with Gasteiger partial charge in [0.15, 0.2) is 0 Å². The van der Waals surface area contributed by atoms with Crippen molar-refractivity contribution >= 4 is 0 Å². The first-order valence-electron chi connectivity index (χ1n) is 6.31. The molecule has 0 aromatic rings. The van der Waals surface area contributed by atoms with Gasteiger partial charge in [0.25, 0.3) is 0 Å². The van der Waals surface area contributed by atoms with E-state index in [-0.39, 0.29) is 11.0 Å². The predicted octanol–water partition coefficient (Wildman–Crippen LogP) is 1.77. The number of rotatable bonds is 5. The van der Waals surface area contributed by atoms with Crippen LogP contribution in [0.2, 0.25) is 0 Å². The number of β-amino-alcohol motifs (C(OH)–C–C–N with tert-alkyl or cyclic N) is 1. The third kappa shape index (κ3) is 2.56. The number of hydrogen-bond donors (Lipinski definition) is 1. The Balaban J connectivity index is 1.61. The van der Waals surface area contributed by atoms with Crippen LogP contribution in [-0.2, 0) is 0 Å². The van der Waals surface area contributed by atoms with Crippen LogP contribution in [-0.4, -0.2) is 35.2 Å². The molecule has 3 heteroatoms. The molecule has 0 amide bonds. The number of nitriles is 1. The van der Waals surface area contributed by atoms with E-state index in [0.717, 1.165) is 32.5 Å². The van der Waals surface area contributed by atoms with Crippen molar-refractivity contribution in [1.82, 2.24) is 4.90 Å².